The standard InChI is InChI=1S/C28H38N6O9S/c1-18-11-13-21(14-12-18)44(40,41)34-27(29)30-15-7-10-22(32-28(39)43-17-20-8-5-4-6-9-20)25(37)31-16-23(36)33-24(19(2)35)26(38)42-3/h4-6,8-9,11-14,19,22,24,35H,7,10,15-17H2,1-3H3,(H,31,37)(H,32,39)(H,33,36)(H3,29,30,34)/t19-,22-,24-/m1/s1. The van der Waals surface area contributed by atoms with Gasteiger partial charge in [-0.3, -0.25) is 14.6 Å². The second-order valence-corrected chi connectivity index (χ2v) is 11.3. The zero-order chi connectivity index (χ0) is 32.7. The van der Waals surface area contributed by atoms with E-state index in [9.17, 15) is 32.7 Å². The molecule has 44 heavy (non-hydrogen) atoms. The summed E-state index contributed by atoms with van der Waals surface area (Å²) in [6, 6.07) is 12.4. The number of aliphatic hydroxyl groups is 1. The van der Waals surface area contributed by atoms with Crippen molar-refractivity contribution in [3.05, 3.63) is 65.7 Å². The van der Waals surface area contributed by atoms with Gasteiger partial charge in [-0.05, 0) is 44.4 Å². The number of carbonyl (C=O) groups is 4. The number of carbonyl (C=O) groups excluding carboxylic acids is 4. The summed E-state index contributed by atoms with van der Waals surface area (Å²) in [7, 11) is -2.86. The van der Waals surface area contributed by atoms with Crippen molar-refractivity contribution in [1.82, 2.24) is 20.7 Å². The Morgan fingerprint density at radius 2 is 1.68 bits per heavy atom. The molecule has 240 valence electrons. The molecule has 15 nitrogen and oxygen atoms in total. The monoisotopic (exact) mass is 634 g/mol. The molecule has 0 bridgehead atoms. The number of nitrogens with zero attached hydrogens (tertiary/aromatic N) is 1. The van der Waals surface area contributed by atoms with Crippen LogP contribution in [0.15, 0.2) is 64.5 Å². The molecule has 0 spiro atoms. The minimum absolute atomic E-state index is 0.00610. The molecule has 0 aliphatic rings. The smallest absolute Gasteiger partial charge is 0.408 e. The third kappa shape index (κ3) is 12.3. The highest BCUT2D eigenvalue weighted by atomic mass is 32.2. The van der Waals surface area contributed by atoms with Crippen LogP contribution in [0, 0.1) is 6.92 Å². The number of ether oxygens (including phenoxy) is 2. The molecule has 0 aliphatic heterocycles. The number of aliphatic hydroxyl groups excluding tert-OH is 1. The fourth-order valence-corrected chi connectivity index (χ4v) is 4.59. The highest BCUT2D eigenvalue weighted by Gasteiger charge is 2.27. The van der Waals surface area contributed by atoms with E-state index in [0.29, 0.717) is 0 Å². The van der Waals surface area contributed by atoms with Gasteiger partial charge in [0.05, 0.1) is 24.7 Å². The summed E-state index contributed by atoms with van der Waals surface area (Å²) >= 11 is 0. The highest BCUT2D eigenvalue weighted by Crippen LogP contribution is 2.09. The number of aryl methyl sites for hydroxylation is 1. The second kappa shape index (κ2) is 17.4. The normalized spacial score (nSPS) is 13.5. The van der Waals surface area contributed by atoms with Gasteiger partial charge in [0.15, 0.2) is 6.04 Å². The van der Waals surface area contributed by atoms with Gasteiger partial charge in [0.2, 0.25) is 17.8 Å². The molecule has 0 aromatic heterocycles. The number of benzene rings is 2. The van der Waals surface area contributed by atoms with E-state index in [1.165, 1.54) is 19.1 Å². The Hall–Kier alpha value is -4.70. The zero-order valence-corrected chi connectivity index (χ0v) is 25.4. The first-order valence-electron chi connectivity index (χ1n) is 13.5. The number of nitrogens with two attached hydrogens (primary N) is 1. The van der Waals surface area contributed by atoms with Crippen LogP contribution in [0.3, 0.4) is 0 Å². The highest BCUT2D eigenvalue weighted by molar-refractivity contribution is 7.90. The zero-order valence-electron chi connectivity index (χ0n) is 24.6. The Bertz CT molecular complexity index is 1400. The molecule has 0 saturated carbocycles. The van der Waals surface area contributed by atoms with Gasteiger partial charge in [0.1, 0.15) is 12.6 Å². The summed E-state index contributed by atoms with van der Waals surface area (Å²) in [6.45, 7) is 2.45. The van der Waals surface area contributed by atoms with Gasteiger partial charge in [-0.15, -0.1) is 0 Å². The first kappa shape index (κ1) is 35.5. The minimum Gasteiger partial charge on any atom is -0.467 e. The molecular formula is C28H38N6O9S. The Balaban J connectivity index is 1.99. The second-order valence-electron chi connectivity index (χ2n) is 9.61. The van der Waals surface area contributed by atoms with E-state index in [-0.39, 0.29) is 36.8 Å². The first-order valence-corrected chi connectivity index (χ1v) is 15.0. The van der Waals surface area contributed by atoms with E-state index < -0.39 is 58.6 Å². The third-order valence-electron chi connectivity index (χ3n) is 6.00. The Kier molecular flexibility index (Phi) is 14.1. The lowest BCUT2D eigenvalue weighted by Crippen LogP contribution is -2.53. The number of methoxy groups -OCH3 is 1. The lowest BCUT2D eigenvalue weighted by molar-refractivity contribution is -0.148. The van der Waals surface area contributed by atoms with Gasteiger partial charge in [0.25, 0.3) is 10.0 Å². The van der Waals surface area contributed by atoms with Gasteiger partial charge < -0.3 is 36.3 Å². The number of nitrogens with one attached hydrogen (secondary N) is 4. The van der Waals surface area contributed by atoms with Gasteiger partial charge in [-0.1, -0.05) is 48.0 Å². The van der Waals surface area contributed by atoms with Crippen LogP contribution in [0.25, 0.3) is 0 Å². The minimum atomic E-state index is -3.95. The molecule has 2 rings (SSSR count). The maximum absolute atomic E-state index is 12.9. The SMILES string of the molecule is COC(=O)[C@H](NC(=O)CNC(=O)[C@@H](CCCN=C(N)NS(=O)(=O)c1ccc(C)cc1)NC(=O)OCc1ccccc1)[C@@H](C)O. The molecule has 0 heterocycles. The van der Waals surface area contributed by atoms with E-state index in [1.807, 2.05) is 6.92 Å². The molecule has 0 aliphatic carbocycles. The molecule has 3 atom stereocenters. The van der Waals surface area contributed by atoms with Crippen LogP contribution in [0.1, 0.15) is 30.9 Å². The molecule has 0 fully saturated rings. The van der Waals surface area contributed by atoms with Crippen molar-refractivity contribution in [3.63, 3.8) is 0 Å². The van der Waals surface area contributed by atoms with Crippen molar-refractivity contribution in [3.8, 4) is 0 Å². The van der Waals surface area contributed by atoms with Crippen LogP contribution in [-0.2, 0) is 40.5 Å². The molecule has 0 radical (unpaired) electrons. The number of hydrogen-bond donors (Lipinski definition) is 6. The van der Waals surface area contributed by atoms with Crippen molar-refractivity contribution >= 4 is 39.9 Å². The number of esters is 1. The van der Waals surface area contributed by atoms with Gasteiger partial charge >= 0.3 is 12.1 Å². The number of guanidine groups is 1. The summed E-state index contributed by atoms with van der Waals surface area (Å²) in [5.74, 6) is -2.78. The number of hydrogen-bond acceptors (Lipinski definition) is 10. The van der Waals surface area contributed by atoms with Crippen molar-refractivity contribution in [1.29, 1.82) is 0 Å². The first-order chi connectivity index (χ1) is 20.8. The van der Waals surface area contributed by atoms with Crippen molar-refractivity contribution in [2.45, 2.75) is 56.4 Å². The lowest BCUT2D eigenvalue weighted by Gasteiger charge is -2.20. The average Bonchev–Trinajstić information content (AvgIpc) is 2.99. The van der Waals surface area contributed by atoms with Crippen LogP contribution in [0.5, 0.6) is 0 Å². The van der Waals surface area contributed by atoms with E-state index in [2.05, 4.69) is 30.4 Å². The fraction of sp³-hybridized carbons (Fsp3) is 0.393. The van der Waals surface area contributed by atoms with E-state index >= 15 is 0 Å². The van der Waals surface area contributed by atoms with Gasteiger partial charge in [-0.2, -0.15) is 0 Å². The third-order valence-corrected chi connectivity index (χ3v) is 7.37. The largest absolute Gasteiger partial charge is 0.467 e. The van der Waals surface area contributed by atoms with E-state index in [4.69, 9.17) is 10.5 Å². The summed E-state index contributed by atoms with van der Waals surface area (Å²) in [4.78, 5) is 53.4. The van der Waals surface area contributed by atoms with Gasteiger partial charge in [0, 0.05) is 6.54 Å². The molecular weight excluding hydrogens is 596 g/mol. The summed E-state index contributed by atoms with van der Waals surface area (Å²) < 4.78 is 36.9. The number of sulfonamides is 1. The van der Waals surface area contributed by atoms with Crippen LogP contribution < -0.4 is 26.4 Å². The van der Waals surface area contributed by atoms with E-state index in [1.54, 1.807) is 42.5 Å². The Morgan fingerprint density at radius 1 is 1.02 bits per heavy atom. The van der Waals surface area contributed by atoms with Crippen molar-refractivity contribution in [2.75, 3.05) is 20.2 Å². The van der Waals surface area contributed by atoms with Crippen molar-refractivity contribution in [2.24, 2.45) is 10.7 Å². The van der Waals surface area contributed by atoms with Crippen molar-refractivity contribution < 1.29 is 42.2 Å². The maximum atomic E-state index is 12.9. The Morgan fingerprint density at radius 3 is 2.30 bits per heavy atom. The van der Waals surface area contributed by atoms with Gasteiger partial charge in [-0.25, -0.2) is 22.7 Å². The van der Waals surface area contributed by atoms with Crippen LogP contribution in [0.4, 0.5) is 4.79 Å². The topological polar surface area (TPSA) is 228 Å². The summed E-state index contributed by atoms with van der Waals surface area (Å²) in [6.07, 6.45) is -1.98. The predicted molar refractivity (Wildman–Crippen MR) is 159 cm³/mol. The lowest BCUT2D eigenvalue weighted by atomic mass is 10.1. The predicted octanol–water partition coefficient (Wildman–Crippen LogP) is -0.182. The Labute approximate surface area is 255 Å². The molecule has 7 N–H and O–H groups in total. The molecule has 0 unspecified atom stereocenters. The summed E-state index contributed by atoms with van der Waals surface area (Å²) in [5, 5.41) is 16.8. The number of alkyl carbamates (subject to hydrolysis) is 1. The number of aliphatic imine (C=N–C) groups is 1. The quantitative estimate of drug-likeness (QED) is 0.0655. The van der Waals surface area contributed by atoms with E-state index in [0.717, 1.165) is 18.2 Å². The maximum Gasteiger partial charge on any atom is 0.408 e. The fourth-order valence-electron chi connectivity index (χ4n) is 3.64. The van der Waals surface area contributed by atoms with Crippen LogP contribution in [0.2, 0.25) is 0 Å². The summed E-state index contributed by atoms with van der Waals surface area (Å²) in [5.41, 5.74) is 7.35. The molecule has 16 heteroatoms. The number of amides is 3. The van der Waals surface area contributed by atoms with Crippen LogP contribution >= 0.6 is 0 Å². The molecule has 2 aromatic carbocycles. The molecule has 0 saturated heterocycles. The molecule has 3 amide bonds. The number of rotatable bonds is 15. The molecule has 2 aromatic rings. The average molecular weight is 635 g/mol. The van der Waals surface area contributed by atoms with Crippen LogP contribution in [-0.4, -0.2) is 81.7 Å².